The van der Waals surface area contributed by atoms with E-state index in [-0.39, 0.29) is 31.8 Å². The Bertz CT molecular complexity index is 1520. The second-order valence-electron chi connectivity index (χ2n) is 11.3. The molecule has 6 heteroatoms. The zero-order chi connectivity index (χ0) is 32.4. The molecule has 0 spiro atoms. The summed E-state index contributed by atoms with van der Waals surface area (Å²) in [5, 5.41) is 0. The number of rotatable bonds is 14. The van der Waals surface area contributed by atoms with Crippen LogP contribution >= 0.6 is 0 Å². The van der Waals surface area contributed by atoms with Crippen LogP contribution in [-0.4, -0.2) is 38.4 Å². The van der Waals surface area contributed by atoms with Crippen molar-refractivity contribution in [1.29, 1.82) is 0 Å². The van der Waals surface area contributed by atoms with E-state index in [1.54, 1.807) is 13.8 Å². The van der Waals surface area contributed by atoms with Crippen LogP contribution < -0.4 is 9.47 Å². The highest BCUT2D eigenvalue weighted by atomic mass is 16.6. The summed E-state index contributed by atoms with van der Waals surface area (Å²) < 4.78 is 22.2. The van der Waals surface area contributed by atoms with Gasteiger partial charge in [0.25, 0.3) is 0 Å². The minimum Gasteiger partial charge on any atom is -0.489 e. The van der Waals surface area contributed by atoms with Crippen molar-refractivity contribution in [2.45, 2.75) is 33.1 Å². The van der Waals surface area contributed by atoms with Crippen molar-refractivity contribution in [3.05, 3.63) is 132 Å². The van der Waals surface area contributed by atoms with E-state index < -0.39 is 11.9 Å². The molecule has 0 aromatic heterocycles. The van der Waals surface area contributed by atoms with Crippen LogP contribution in [0, 0.1) is 0 Å². The molecule has 0 heterocycles. The van der Waals surface area contributed by atoms with E-state index in [0.717, 1.165) is 33.8 Å². The summed E-state index contributed by atoms with van der Waals surface area (Å²) >= 11 is 0. The zero-order valence-electron chi connectivity index (χ0n) is 26.4. The van der Waals surface area contributed by atoms with Crippen molar-refractivity contribution in [2.75, 3.05) is 26.4 Å². The molecular weight excluding hydrogens is 564 g/mol. The van der Waals surface area contributed by atoms with Crippen molar-refractivity contribution in [3.8, 4) is 33.8 Å². The summed E-state index contributed by atoms with van der Waals surface area (Å²) in [6, 6.07) is 32.7. The molecule has 0 saturated carbocycles. The molecule has 0 atom stereocenters. The lowest BCUT2D eigenvalue weighted by Crippen LogP contribution is -2.18. The zero-order valence-corrected chi connectivity index (χ0v) is 26.4. The topological polar surface area (TPSA) is 71.1 Å². The van der Waals surface area contributed by atoms with Crippen molar-refractivity contribution in [1.82, 2.24) is 0 Å². The largest absolute Gasteiger partial charge is 0.489 e. The summed E-state index contributed by atoms with van der Waals surface area (Å²) in [5.74, 6) is 0.607. The molecule has 6 nitrogen and oxygen atoms in total. The highest BCUT2D eigenvalue weighted by Gasteiger charge is 2.23. The van der Waals surface area contributed by atoms with E-state index in [1.165, 1.54) is 11.1 Å². The molecule has 0 saturated heterocycles. The highest BCUT2D eigenvalue weighted by Crippen LogP contribution is 2.37. The van der Waals surface area contributed by atoms with Crippen LogP contribution in [0.5, 0.6) is 11.5 Å². The van der Waals surface area contributed by atoms with Gasteiger partial charge in [-0.05, 0) is 48.2 Å². The maximum atomic E-state index is 11.6. The van der Waals surface area contributed by atoms with Crippen LogP contribution in [0.2, 0.25) is 0 Å². The number of hydrogen-bond acceptors (Lipinski definition) is 6. The lowest BCUT2D eigenvalue weighted by atomic mass is 9.77. The Morgan fingerprint density at radius 3 is 1.27 bits per heavy atom. The van der Waals surface area contributed by atoms with Gasteiger partial charge in [-0.3, -0.25) is 0 Å². The van der Waals surface area contributed by atoms with Crippen LogP contribution in [0.3, 0.4) is 0 Å². The Labute approximate surface area is 265 Å². The number of hydrogen-bond donors (Lipinski definition) is 0. The van der Waals surface area contributed by atoms with Crippen LogP contribution in [0.15, 0.2) is 121 Å². The lowest BCUT2D eigenvalue weighted by molar-refractivity contribution is -0.140. The normalized spacial score (nSPS) is 10.9. The first-order valence-corrected chi connectivity index (χ1v) is 14.9. The quantitative estimate of drug-likeness (QED) is 0.0819. The fourth-order valence-corrected chi connectivity index (χ4v) is 4.78. The molecule has 0 aliphatic rings. The maximum absolute atomic E-state index is 11.6. The third kappa shape index (κ3) is 8.51. The third-order valence-corrected chi connectivity index (χ3v) is 7.45. The van der Waals surface area contributed by atoms with Gasteiger partial charge < -0.3 is 18.9 Å². The molecule has 0 N–H and O–H groups in total. The molecule has 0 bridgehead atoms. The summed E-state index contributed by atoms with van der Waals surface area (Å²) in [6.45, 7) is 15.6. The van der Waals surface area contributed by atoms with Crippen molar-refractivity contribution in [2.24, 2.45) is 0 Å². The van der Waals surface area contributed by atoms with Crippen molar-refractivity contribution >= 4 is 11.9 Å². The summed E-state index contributed by atoms with van der Waals surface area (Å²) in [5.41, 5.74) is 6.83. The first-order chi connectivity index (χ1) is 21.6. The predicted molar refractivity (Wildman–Crippen MR) is 178 cm³/mol. The Morgan fingerprint density at radius 2 is 0.911 bits per heavy atom. The highest BCUT2D eigenvalue weighted by molar-refractivity contribution is 5.87. The van der Waals surface area contributed by atoms with Gasteiger partial charge >= 0.3 is 11.9 Å². The fraction of sp³-hybridized carbons (Fsp3) is 0.231. The Balaban J connectivity index is 1.44. The van der Waals surface area contributed by atoms with Gasteiger partial charge in [0.15, 0.2) is 0 Å². The van der Waals surface area contributed by atoms with Crippen LogP contribution in [0.4, 0.5) is 0 Å². The van der Waals surface area contributed by atoms with Gasteiger partial charge in [-0.1, -0.05) is 112 Å². The molecule has 0 aliphatic carbocycles. The Kier molecular flexibility index (Phi) is 11.0. The molecule has 0 unspecified atom stereocenters. The second kappa shape index (κ2) is 15.1. The predicted octanol–water partition coefficient (Wildman–Crippen LogP) is 8.34. The number of carbonyl (C=O) groups excluding carboxylic acids is 2. The maximum Gasteiger partial charge on any atom is 0.333 e. The number of ether oxygens (including phenoxy) is 4. The molecule has 4 aromatic carbocycles. The molecule has 0 radical (unpaired) electrons. The lowest BCUT2D eigenvalue weighted by Gasteiger charge is -2.27. The van der Waals surface area contributed by atoms with E-state index in [4.69, 9.17) is 18.9 Å². The van der Waals surface area contributed by atoms with Gasteiger partial charge in [0.05, 0.1) is 0 Å². The average molecular weight is 605 g/mol. The molecule has 4 rings (SSSR count). The minimum atomic E-state index is -0.422. The van der Waals surface area contributed by atoms with Gasteiger partial charge in [-0.25, -0.2) is 9.59 Å². The van der Waals surface area contributed by atoms with Gasteiger partial charge in [0.2, 0.25) is 0 Å². The second-order valence-corrected chi connectivity index (χ2v) is 11.3. The monoisotopic (exact) mass is 604 g/mol. The van der Waals surface area contributed by atoms with Gasteiger partial charge in [-0.2, -0.15) is 0 Å². The van der Waals surface area contributed by atoms with Gasteiger partial charge in [-0.15, -0.1) is 0 Å². The van der Waals surface area contributed by atoms with E-state index in [2.05, 4.69) is 75.5 Å². The van der Waals surface area contributed by atoms with E-state index in [1.807, 2.05) is 48.5 Å². The Morgan fingerprint density at radius 1 is 0.556 bits per heavy atom. The molecular formula is C39H40O6. The molecule has 4 aromatic rings. The number of para-hydroxylation sites is 2. The molecule has 45 heavy (non-hydrogen) atoms. The fourth-order valence-electron chi connectivity index (χ4n) is 4.78. The van der Waals surface area contributed by atoms with Gasteiger partial charge in [0.1, 0.15) is 37.9 Å². The number of carbonyl (C=O) groups is 2. The minimum absolute atomic E-state index is 0.150. The van der Waals surface area contributed by atoms with E-state index in [0.29, 0.717) is 11.1 Å². The first-order valence-electron chi connectivity index (χ1n) is 14.9. The SMILES string of the molecule is C=C(C)C(=O)OCCOc1ccccc1-c1ccc(C(C)(C)c2ccc(-c3ccccc3OCCOC(=O)C(=C)C)cc2)cc1. The van der Waals surface area contributed by atoms with E-state index in [9.17, 15) is 9.59 Å². The smallest absolute Gasteiger partial charge is 0.333 e. The van der Waals surface area contributed by atoms with Crippen LogP contribution in [0.1, 0.15) is 38.8 Å². The third-order valence-electron chi connectivity index (χ3n) is 7.45. The average Bonchev–Trinajstić information content (AvgIpc) is 3.05. The molecule has 232 valence electrons. The van der Waals surface area contributed by atoms with Crippen molar-refractivity contribution in [3.63, 3.8) is 0 Å². The summed E-state index contributed by atoms with van der Waals surface area (Å²) in [7, 11) is 0. The standard InChI is InChI=1S/C39H40O6/c1-27(2)37(40)44-25-23-42-35-13-9-7-11-33(35)29-15-19-31(20-16-29)39(5,6)32-21-17-30(18-22-32)34-12-8-10-14-36(34)43-24-26-45-38(41)28(3)4/h7-22H,1,3,23-26H2,2,4-6H3. The van der Waals surface area contributed by atoms with E-state index >= 15 is 0 Å². The number of esters is 2. The number of benzene rings is 4. The van der Waals surface area contributed by atoms with Crippen LogP contribution in [-0.2, 0) is 24.5 Å². The summed E-state index contributed by atoms with van der Waals surface area (Å²) in [4.78, 5) is 23.3. The Hall–Kier alpha value is -5.10. The summed E-state index contributed by atoms with van der Waals surface area (Å²) in [6.07, 6.45) is 0. The molecule has 0 fully saturated rings. The van der Waals surface area contributed by atoms with Crippen molar-refractivity contribution < 1.29 is 28.5 Å². The molecule has 0 aliphatic heterocycles. The van der Waals surface area contributed by atoms with Gasteiger partial charge in [0, 0.05) is 27.7 Å². The van der Waals surface area contributed by atoms with Crippen LogP contribution in [0.25, 0.3) is 22.3 Å². The molecule has 0 amide bonds. The first kappa shape index (κ1) is 32.8.